The minimum absolute atomic E-state index is 0.0704. The first kappa shape index (κ1) is 9.09. The van der Waals surface area contributed by atoms with Gasteiger partial charge in [0.1, 0.15) is 5.76 Å². The van der Waals surface area contributed by atoms with E-state index in [2.05, 4.69) is 11.9 Å². The molecule has 1 aromatic rings. The third kappa shape index (κ3) is 2.06. The van der Waals surface area contributed by atoms with Gasteiger partial charge in [0, 0.05) is 5.75 Å². The predicted molar refractivity (Wildman–Crippen MR) is 51.1 cm³/mol. The Hall–Kier alpha value is -0.480. The number of hydrogen-bond donors (Lipinski definition) is 0. The number of aromatic nitrogens is 1. The molecule has 1 aromatic heterocycles. The summed E-state index contributed by atoms with van der Waals surface area (Å²) in [6.07, 6.45) is 0. The Morgan fingerprint density at radius 2 is 2.23 bits per heavy atom. The maximum Gasteiger partial charge on any atom is 0.256 e. The zero-order valence-corrected chi connectivity index (χ0v) is 8.90. The number of epoxide rings is 1. The lowest BCUT2D eigenvalue weighted by atomic mass is 10.3. The summed E-state index contributed by atoms with van der Waals surface area (Å²) in [7, 11) is 0. The Morgan fingerprint density at radius 1 is 1.54 bits per heavy atom. The van der Waals surface area contributed by atoms with Crippen LogP contribution in [0.2, 0.25) is 0 Å². The molecule has 1 atom stereocenters. The maximum absolute atomic E-state index is 5.43. The first-order chi connectivity index (χ1) is 6.09. The largest absolute Gasteiger partial charge is 0.437 e. The van der Waals surface area contributed by atoms with E-state index in [1.807, 2.05) is 13.8 Å². The molecule has 1 unspecified atom stereocenters. The number of ether oxygens (including phenoxy) is 1. The van der Waals surface area contributed by atoms with Gasteiger partial charge in [-0.05, 0) is 20.8 Å². The van der Waals surface area contributed by atoms with Gasteiger partial charge in [-0.1, -0.05) is 11.8 Å². The van der Waals surface area contributed by atoms with Gasteiger partial charge in [-0.2, -0.15) is 0 Å². The molecule has 1 fully saturated rings. The van der Waals surface area contributed by atoms with Gasteiger partial charge in [0.25, 0.3) is 5.22 Å². The van der Waals surface area contributed by atoms with Crippen molar-refractivity contribution in [2.24, 2.45) is 0 Å². The molecule has 1 aliphatic rings. The summed E-state index contributed by atoms with van der Waals surface area (Å²) in [6, 6.07) is 0. The molecule has 0 saturated carbocycles. The van der Waals surface area contributed by atoms with E-state index in [9.17, 15) is 0 Å². The Balaban J connectivity index is 1.94. The predicted octanol–water partition coefficient (Wildman–Crippen LogP) is 2.17. The Labute approximate surface area is 81.9 Å². The molecule has 0 bridgehead atoms. The first-order valence-corrected chi connectivity index (χ1v) is 5.28. The average Bonchev–Trinajstić information content (AvgIpc) is 2.72. The van der Waals surface area contributed by atoms with E-state index in [0.717, 1.165) is 29.0 Å². The van der Waals surface area contributed by atoms with Crippen LogP contribution in [0.15, 0.2) is 9.64 Å². The van der Waals surface area contributed by atoms with Crippen LogP contribution in [-0.4, -0.2) is 22.9 Å². The fraction of sp³-hybridized carbons (Fsp3) is 0.667. The van der Waals surface area contributed by atoms with Gasteiger partial charge in [0.2, 0.25) is 0 Å². The van der Waals surface area contributed by atoms with Crippen molar-refractivity contribution in [3.8, 4) is 0 Å². The molecular weight excluding hydrogens is 186 g/mol. The minimum Gasteiger partial charge on any atom is -0.437 e. The van der Waals surface area contributed by atoms with Gasteiger partial charge < -0.3 is 9.15 Å². The third-order valence-electron chi connectivity index (χ3n) is 2.15. The molecule has 13 heavy (non-hydrogen) atoms. The van der Waals surface area contributed by atoms with E-state index in [1.165, 1.54) is 0 Å². The summed E-state index contributed by atoms with van der Waals surface area (Å²) in [4.78, 5) is 4.28. The van der Waals surface area contributed by atoms with Gasteiger partial charge >= 0.3 is 0 Å². The molecular formula is C9H13NO2S. The molecule has 0 spiro atoms. The standard InChI is InChI=1S/C9H13NO2S/c1-6-7(2)12-8(10-6)13-5-9(3)4-11-9/h4-5H2,1-3H3. The number of thioether (sulfide) groups is 1. The highest BCUT2D eigenvalue weighted by Gasteiger charge is 2.39. The van der Waals surface area contributed by atoms with Crippen molar-refractivity contribution in [2.75, 3.05) is 12.4 Å². The average molecular weight is 199 g/mol. The van der Waals surface area contributed by atoms with Crippen LogP contribution in [0.5, 0.6) is 0 Å². The topological polar surface area (TPSA) is 38.6 Å². The SMILES string of the molecule is Cc1nc(SCC2(C)CO2)oc1C. The lowest BCUT2D eigenvalue weighted by Crippen LogP contribution is -2.07. The molecule has 72 valence electrons. The zero-order chi connectivity index (χ0) is 9.47. The third-order valence-corrected chi connectivity index (χ3v) is 3.32. The minimum atomic E-state index is 0.0704. The van der Waals surface area contributed by atoms with Crippen LogP contribution in [0.4, 0.5) is 0 Å². The summed E-state index contributed by atoms with van der Waals surface area (Å²) >= 11 is 1.62. The monoisotopic (exact) mass is 199 g/mol. The van der Waals surface area contributed by atoms with Gasteiger partial charge in [-0.15, -0.1) is 0 Å². The second-order valence-electron chi connectivity index (χ2n) is 3.65. The van der Waals surface area contributed by atoms with Gasteiger partial charge in [0.15, 0.2) is 0 Å². The molecule has 1 aliphatic heterocycles. The summed E-state index contributed by atoms with van der Waals surface area (Å²) in [6.45, 7) is 6.85. The van der Waals surface area contributed by atoms with Crippen molar-refractivity contribution >= 4 is 11.8 Å². The van der Waals surface area contributed by atoms with Gasteiger partial charge in [-0.3, -0.25) is 0 Å². The lowest BCUT2D eigenvalue weighted by molar-refractivity contribution is 0.347. The van der Waals surface area contributed by atoms with Crippen LogP contribution in [0.1, 0.15) is 18.4 Å². The number of hydrogen-bond acceptors (Lipinski definition) is 4. The highest BCUT2D eigenvalue weighted by atomic mass is 32.2. The molecule has 0 N–H and O–H groups in total. The summed E-state index contributed by atoms with van der Waals surface area (Å²) < 4.78 is 10.7. The van der Waals surface area contributed by atoms with Crippen LogP contribution in [-0.2, 0) is 4.74 Å². The quantitative estimate of drug-likeness (QED) is 0.552. The van der Waals surface area contributed by atoms with Gasteiger partial charge in [0.05, 0.1) is 17.9 Å². The second kappa shape index (κ2) is 3.03. The van der Waals surface area contributed by atoms with Crippen molar-refractivity contribution in [3.05, 3.63) is 11.5 Å². The summed E-state index contributed by atoms with van der Waals surface area (Å²) in [5, 5.41) is 0.756. The molecule has 0 radical (unpaired) electrons. The highest BCUT2D eigenvalue weighted by molar-refractivity contribution is 7.99. The van der Waals surface area contributed by atoms with Crippen LogP contribution >= 0.6 is 11.8 Å². The molecule has 0 aromatic carbocycles. The van der Waals surface area contributed by atoms with E-state index in [0.29, 0.717) is 0 Å². The smallest absolute Gasteiger partial charge is 0.256 e. The van der Waals surface area contributed by atoms with E-state index < -0.39 is 0 Å². The van der Waals surface area contributed by atoms with Crippen LogP contribution in [0.25, 0.3) is 0 Å². The molecule has 2 heterocycles. The number of rotatable bonds is 3. The molecule has 1 saturated heterocycles. The van der Waals surface area contributed by atoms with Crippen molar-refractivity contribution in [1.82, 2.24) is 4.98 Å². The second-order valence-corrected chi connectivity index (χ2v) is 4.58. The zero-order valence-electron chi connectivity index (χ0n) is 8.09. The lowest BCUT2D eigenvalue weighted by Gasteiger charge is -1.99. The molecule has 0 amide bonds. The Morgan fingerprint density at radius 3 is 2.69 bits per heavy atom. The Bertz CT molecular complexity index is 298. The molecule has 3 nitrogen and oxygen atoms in total. The normalized spacial score (nSPS) is 26.4. The van der Waals surface area contributed by atoms with Crippen LogP contribution in [0.3, 0.4) is 0 Å². The van der Waals surface area contributed by atoms with Crippen LogP contribution < -0.4 is 0 Å². The Kier molecular flexibility index (Phi) is 2.12. The van der Waals surface area contributed by atoms with E-state index in [-0.39, 0.29) is 5.60 Å². The number of oxazole rings is 1. The van der Waals surface area contributed by atoms with Crippen molar-refractivity contribution in [2.45, 2.75) is 31.6 Å². The van der Waals surface area contributed by atoms with E-state index >= 15 is 0 Å². The fourth-order valence-corrected chi connectivity index (χ4v) is 1.91. The maximum atomic E-state index is 5.43. The summed E-state index contributed by atoms with van der Waals surface area (Å²) in [5.41, 5.74) is 1.05. The van der Waals surface area contributed by atoms with E-state index in [4.69, 9.17) is 9.15 Å². The molecule has 4 heteroatoms. The van der Waals surface area contributed by atoms with Crippen LogP contribution in [0, 0.1) is 13.8 Å². The highest BCUT2D eigenvalue weighted by Crippen LogP contribution is 2.33. The molecule has 2 rings (SSSR count). The number of aryl methyl sites for hydroxylation is 2. The van der Waals surface area contributed by atoms with E-state index in [1.54, 1.807) is 11.8 Å². The number of nitrogens with zero attached hydrogens (tertiary/aromatic N) is 1. The molecule has 0 aliphatic carbocycles. The first-order valence-electron chi connectivity index (χ1n) is 4.30. The van der Waals surface area contributed by atoms with Crippen molar-refractivity contribution in [3.63, 3.8) is 0 Å². The summed E-state index contributed by atoms with van der Waals surface area (Å²) in [5.74, 6) is 1.83. The van der Waals surface area contributed by atoms with Crippen molar-refractivity contribution in [1.29, 1.82) is 0 Å². The fourth-order valence-electron chi connectivity index (χ4n) is 0.926. The van der Waals surface area contributed by atoms with Gasteiger partial charge in [-0.25, -0.2) is 4.98 Å². The van der Waals surface area contributed by atoms with Crippen molar-refractivity contribution < 1.29 is 9.15 Å².